The number of likely N-dealkylation sites (tertiary alicyclic amines) is 1. The highest BCUT2D eigenvalue weighted by atomic mass is 32.2. The van der Waals surface area contributed by atoms with E-state index in [1.165, 1.54) is 10.9 Å². The van der Waals surface area contributed by atoms with Crippen molar-refractivity contribution in [2.75, 3.05) is 13.1 Å². The largest absolute Gasteiger partial charge is 0.490 e. The van der Waals surface area contributed by atoms with E-state index in [-0.39, 0.29) is 13.0 Å². The van der Waals surface area contributed by atoms with Gasteiger partial charge in [-0.15, -0.1) is 0 Å². The van der Waals surface area contributed by atoms with Crippen LogP contribution < -0.4 is 5.56 Å². The zero-order valence-corrected chi connectivity index (χ0v) is 21.8. The maximum Gasteiger partial charge on any atom is 0.490 e. The van der Waals surface area contributed by atoms with Gasteiger partial charge in [-0.3, -0.25) is 14.4 Å². The molecule has 0 radical (unpaired) electrons. The van der Waals surface area contributed by atoms with Gasteiger partial charge in [-0.1, -0.05) is 37.8 Å². The van der Waals surface area contributed by atoms with Crippen molar-refractivity contribution in [1.82, 2.24) is 24.6 Å². The van der Waals surface area contributed by atoms with Crippen molar-refractivity contribution in [3.8, 4) is 0 Å². The molecule has 2 N–H and O–H groups in total. The predicted molar refractivity (Wildman–Crippen MR) is 148 cm³/mol. The van der Waals surface area contributed by atoms with Crippen molar-refractivity contribution >= 4 is 39.5 Å². The first-order chi connectivity index (χ1) is 18.0. The molecule has 1 fully saturated rings. The third-order valence-electron chi connectivity index (χ3n) is 6.43. The molecule has 39 heavy (non-hydrogen) atoms. The number of carboxylic acids is 1. The van der Waals surface area contributed by atoms with Crippen molar-refractivity contribution in [2.45, 2.75) is 50.9 Å². The summed E-state index contributed by atoms with van der Waals surface area (Å²) in [5.41, 5.74) is 4.18. The van der Waals surface area contributed by atoms with Gasteiger partial charge >= 0.3 is 12.1 Å². The molecule has 0 saturated carbocycles. The summed E-state index contributed by atoms with van der Waals surface area (Å²) in [4.78, 5) is 31.5. The van der Waals surface area contributed by atoms with Crippen LogP contribution in [-0.4, -0.2) is 60.2 Å². The molecule has 5 rings (SSSR count). The van der Waals surface area contributed by atoms with E-state index >= 15 is 0 Å². The summed E-state index contributed by atoms with van der Waals surface area (Å²) in [6, 6.07) is 14.2. The second kappa shape index (κ2) is 12.6. The van der Waals surface area contributed by atoms with E-state index in [1.807, 2.05) is 48.6 Å². The third-order valence-corrected chi connectivity index (χ3v) is 7.81. The van der Waals surface area contributed by atoms with Gasteiger partial charge in [0.15, 0.2) is 0 Å². The zero-order valence-electron chi connectivity index (χ0n) is 21.0. The molecule has 1 aliphatic rings. The fourth-order valence-corrected chi connectivity index (χ4v) is 5.54. The number of piperidine rings is 1. The zero-order chi connectivity index (χ0) is 27.4. The number of hydrogen-bond acceptors (Lipinski definition) is 6. The van der Waals surface area contributed by atoms with Crippen LogP contribution in [0.25, 0.3) is 21.8 Å². The fourth-order valence-electron chi connectivity index (χ4n) is 4.47. The summed E-state index contributed by atoms with van der Waals surface area (Å²) in [7, 11) is 2.02. The van der Waals surface area contributed by atoms with Crippen molar-refractivity contribution in [3.05, 3.63) is 69.9 Å². The molecule has 0 amide bonds. The lowest BCUT2D eigenvalue weighted by Crippen LogP contribution is -2.34. The van der Waals surface area contributed by atoms with Crippen molar-refractivity contribution in [1.29, 1.82) is 0 Å². The lowest BCUT2D eigenvalue weighted by molar-refractivity contribution is -0.192. The fraction of sp³-hybridized carbons (Fsp3) is 0.407. The molecule has 12 heteroatoms. The van der Waals surface area contributed by atoms with Gasteiger partial charge in [-0.25, -0.2) is 9.78 Å². The molecule has 1 saturated heterocycles. The number of aryl methyl sites for hydroxylation is 2. The number of carboxylic acid groups (broad SMARTS) is 1. The number of aliphatic carboxylic acids is 1. The molecule has 2 aromatic heterocycles. The summed E-state index contributed by atoms with van der Waals surface area (Å²) in [6.45, 7) is 5.05. The maximum absolute atomic E-state index is 12.4. The number of alkyl halides is 3. The van der Waals surface area contributed by atoms with Crippen LogP contribution in [0.2, 0.25) is 0 Å². The number of para-hydroxylation sites is 2. The van der Waals surface area contributed by atoms with Crippen LogP contribution in [-0.2, 0) is 24.1 Å². The lowest BCUT2D eigenvalue weighted by atomic mass is 10.1. The van der Waals surface area contributed by atoms with Gasteiger partial charge in [0.05, 0.1) is 27.9 Å². The highest BCUT2D eigenvalue weighted by molar-refractivity contribution is 7.99. The molecule has 2 aromatic carbocycles. The van der Waals surface area contributed by atoms with Crippen LogP contribution in [0.15, 0.2) is 47.3 Å². The Morgan fingerprint density at radius 2 is 1.77 bits per heavy atom. The molecule has 4 aromatic rings. The van der Waals surface area contributed by atoms with Crippen molar-refractivity contribution < 1.29 is 23.1 Å². The van der Waals surface area contributed by atoms with E-state index in [0.717, 1.165) is 60.8 Å². The van der Waals surface area contributed by atoms with Crippen molar-refractivity contribution in [3.63, 3.8) is 0 Å². The summed E-state index contributed by atoms with van der Waals surface area (Å²) in [5, 5.41) is 14.4. The quantitative estimate of drug-likeness (QED) is 0.340. The molecule has 3 heterocycles. The minimum atomic E-state index is -5.08. The number of H-pyrrole nitrogens is 1. The number of aromatic nitrogens is 4. The first kappa shape index (κ1) is 30.2. The van der Waals surface area contributed by atoms with Gasteiger partial charge in [0.25, 0.3) is 5.56 Å². The molecular weight excluding hydrogens is 531 g/mol. The Morgan fingerprint density at radius 1 is 1.13 bits per heavy atom. The highest BCUT2D eigenvalue weighted by Crippen LogP contribution is 2.28. The average molecular weight is 564 g/mol. The van der Waals surface area contributed by atoms with Gasteiger partial charge in [-0.2, -0.15) is 30.0 Å². The Hall–Kier alpha value is -3.38. The molecular formula is C27H32F3N5O3S. The van der Waals surface area contributed by atoms with Gasteiger partial charge in [-0.05, 0) is 50.6 Å². The predicted octanol–water partition coefficient (Wildman–Crippen LogP) is 5.29. The SMILES string of the molecule is C.Cc1cccc2c(=O)[nH]c(CSC3CCN(Cc4nn(C)c5ccccc45)CC3)nc12.O=C(O)C(F)(F)F. The Morgan fingerprint density at radius 3 is 2.44 bits per heavy atom. The summed E-state index contributed by atoms with van der Waals surface area (Å²) in [5.74, 6) is -1.23. The number of carbonyl (C=O) groups is 1. The molecule has 8 nitrogen and oxygen atoms in total. The summed E-state index contributed by atoms with van der Waals surface area (Å²) < 4.78 is 33.7. The minimum absolute atomic E-state index is 0. The molecule has 0 aliphatic carbocycles. The Bertz CT molecular complexity index is 1490. The van der Waals surface area contributed by atoms with Crippen molar-refractivity contribution in [2.24, 2.45) is 7.05 Å². The number of hydrogen-bond donors (Lipinski definition) is 2. The van der Waals surface area contributed by atoms with Crippen LogP contribution in [0.5, 0.6) is 0 Å². The van der Waals surface area contributed by atoms with Gasteiger partial charge in [0, 0.05) is 24.2 Å². The van der Waals surface area contributed by atoms with Crippen LogP contribution >= 0.6 is 11.8 Å². The van der Waals surface area contributed by atoms with E-state index in [0.29, 0.717) is 10.6 Å². The normalized spacial score (nSPS) is 14.6. The van der Waals surface area contributed by atoms with E-state index < -0.39 is 12.1 Å². The first-order valence-electron chi connectivity index (χ1n) is 12.1. The van der Waals surface area contributed by atoms with Crippen LogP contribution in [0, 0.1) is 6.92 Å². The third kappa shape index (κ3) is 7.39. The lowest BCUT2D eigenvalue weighted by Gasteiger charge is -2.31. The summed E-state index contributed by atoms with van der Waals surface area (Å²) in [6.07, 6.45) is -2.79. The number of thioether (sulfide) groups is 1. The number of benzene rings is 2. The highest BCUT2D eigenvalue weighted by Gasteiger charge is 2.38. The van der Waals surface area contributed by atoms with E-state index in [4.69, 9.17) is 20.0 Å². The standard InChI is InChI=1S/C24H27N5OS.C2HF3O2.CH4/c1-16-6-5-8-19-23(16)25-22(26-24(19)30)15-31-17-10-12-29(13-11-17)14-20-18-7-3-4-9-21(18)28(2)27-20;3-2(4,5)1(6)7;/h3-9,17H,10-15H2,1-2H3,(H,25,26,30);(H,6,7);1H4. The Kier molecular flexibility index (Phi) is 9.78. The molecule has 1 aliphatic heterocycles. The molecule has 0 spiro atoms. The monoisotopic (exact) mass is 563 g/mol. The molecule has 210 valence electrons. The second-order valence-corrected chi connectivity index (χ2v) is 10.4. The Balaban J connectivity index is 0.000000468. The summed E-state index contributed by atoms with van der Waals surface area (Å²) >= 11 is 1.91. The minimum Gasteiger partial charge on any atom is -0.475 e. The van der Waals surface area contributed by atoms with Crippen LogP contribution in [0.1, 0.15) is 37.4 Å². The average Bonchev–Trinajstić information content (AvgIpc) is 3.19. The topological polar surface area (TPSA) is 104 Å². The van der Waals surface area contributed by atoms with E-state index in [9.17, 15) is 18.0 Å². The molecule has 0 atom stereocenters. The van der Waals surface area contributed by atoms with E-state index in [2.05, 4.69) is 34.1 Å². The van der Waals surface area contributed by atoms with Crippen LogP contribution in [0.3, 0.4) is 0 Å². The number of halogens is 3. The van der Waals surface area contributed by atoms with E-state index in [1.54, 1.807) is 0 Å². The number of nitrogens with zero attached hydrogens (tertiary/aromatic N) is 4. The van der Waals surface area contributed by atoms with Gasteiger partial charge in [0.2, 0.25) is 0 Å². The van der Waals surface area contributed by atoms with Gasteiger partial charge in [0.1, 0.15) is 5.82 Å². The second-order valence-electron chi connectivity index (χ2n) is 9.16. The molecule has 0 unspecified atom stereocenters. The number of rotatable bonds is 5. The molecule has 0 bridgehead atoms. The Labute approximate surface area is 228 Å². The number of nitrogens with one attached hydrogen (secondary N) is 1. The number of aromatic amines is 1. The first-order valence-corrected chi connectivity index (χ1v) is 13.1. The smallest absolute Gasteiger partial charge is 0.475 e. The van der Waals surface area contributed by atoms with Gasteiger partial charge < -0.3 is 10.1 Å². The number of fused-ring (bicyclic) bond motifs is 2. The maximum atomic E-state index is 12.4. The van der Waals surface area contributed by atoms with Crippen LogP contribution in [0.4, 0.5) is 13.2 Å².